The van der Waals surface area contributed by atoms with Crippen LogP contribution in [0, 0.1) is 11.8 Å². The number of nitrogens with zero attached hydrogens (tertiary/aromatic N) is 1. The molecule has 1 saturated carbocycles. The van der Waals surface area contributed by atoms with E-state index in [0.717, 1.165) is 44.7 Å². The number of amides is 2. The van der Waals surface area contributed by atoms with Crippen LogP contribution in [0.3, 0.4) is 0 Å². The Hall–Kier alpha value is -1.26. The van der Waals surface area contributed by atoms with Crippen LogP contribution in [-0.2, 0) is 4.79 Å². The molecule has 0 radical (unpaired) electrons. The molecule has 0 aromatic carbocycles. The van der Waals surface area contributed by atoms with Gasteiger partial charge < -0.3 is 15.3 Å². The van der Waals surface area contributed by atoms with Crippen molar-refractivity contribution in [2.45, 2.75) is 57.9 Å². The van der Waals surface area contributed by atoms with Crippen LogP contribution in [0.5, 0.6) is 0 Å². The molecule has 0 aromatic rings. The molecule has 0 bridgehead atoms. The zero-order valence-electron chi connectivity index (χ0n) is 12.3. The number of carbonyl (C=O) groups is 2. The molecule has 5 nitrogen and oxygen atoms in total. The van der Waals surface area contributed by atoms with E-state index in [0.29, 0.717) is 5.92 Å². The maximum Gasteiger partial charge on any atom is 0.317 e. The van der Waals surface area contributed by atoms with Crippen LogP contribution >= 0.6 is 0 Å². The average Bonchev–Trinajstić information content (AvgIpc) is 3.20. The second-order valence-corrected chi connectivity index (χ2v) is 6.39. The summed E-state index contributed by atoms with van der Waals surface area (Å²) in [5, 5.41) is 11.8. The van der Waals surface area contributed by atoms with E-state index in [1.54, 1.807) is 0 Å². The van der Waals surface area contributed by atoms with Crippen molar-refractivity contribution in [1.82, 2.24) is 10.2 Å². The molecule has 1 unspecified atom stereocenters. The third-order valence-electron chi connectivity index (χ3n) is 4.42. The summed E-state index contributed by atoms with van der Waals surface area (Å²) in [5.41, 5.74) is 0. The largest absolute Gasteiger partial charge is 0.481 e. The normalized spacial score (nSPS) is 21.6. The third kappa shape index (κ3) is 5.02. The number of piperidine rings is 1. The first kappa shape index (κ1) is 15.1. The second-order valence-electron chi connectivity index (χ2n) is 6.39. The molecule has 1 saturated heterocycles. The summed E-state index contributed by atoms with van der Waals surface area (Å²) in [6.07, 6.45) is 6.57. The molecule has 2 amide bonds. The van der Waals surface area contributed by atoms with Gasteiger partial charge in [-0.1, -0.05) is 12.8 Å². The van der Waals surface area contributed by atoms with E-state index in [-0.39, 0.29) is 18.5 Å². The van der Waals surface area contributed by atoms with Crippen LogP contribution in [-0.4, -0.2) is 41.1 Å². The van der Waals surface area contributed by atoms with Gasteiger partial charge in [0.05, 0.1) is 0 Å². The minimum absolute atomic E-state index is 0.0508. The number of aliphatic carboxylic acids is 1. The minimum Gasteiger partial charge on any atom is -0.481 e. The molecule has 1 aliphatic carbocycles. The van der Waals surface area contributed by atoms with E-state index in [4.69, 9.17) is 5.11 Å². The first-order valence-corrected chi connectivity index (χ1v) is 7.82. The van der Waals surface area contributed by atoms with Crippen LogP contribution < -0.4 is 5.32 Å². The molecular formula is C15H26N2O3. The Balaban J connectivity index is 1.64. The van der Waals surface area contributed by atoms with E-state index >= 15 is 0 Å². The Labute approximate surface area is 120 Å². The van der Waals surface area contributed by atoms with Crippen LogP contribution in [0.2, 0.25) is 0 Å². The summed E-state index contributed by atoms with van der Waals surface area (Å²) in [4.78, 5) is 24.5. The molecule has 1 heterocycles. The fourth-order valence-corrected chi connectivity index (χ4v) is 2.97. The van der Waals surface area contributed by atoms with Crippen molar-refractivity contribution in [3.05, 3.63) is 0 Å². The average molecular weight is 282 g/mol. The Kier molecular flexibility index (Phi) is 5.26. The molecule has 2 N–H and O–H groups in total. The zero-order valence-corrected chi connectivity index (χ0v) is 12.3. The Bertz CT molecular complexity index is 347. The molecule has 20 heavy (non-hydrogen) atoms. The maximum atomic E-state index is 12.1. The van der Waals surface area contributed by atoms with Crippen LogP contribution in [0.1, 0.15) is 51.9 Å². The molecule has 2 aliphatic rings. The Morgan fingerprint density at radius 2 is 1.85 bits per heavy atom. The Morgan fingerprint density at radius 3 is 2.40 bits per heavy atom. The van der Waals surface area contributed by atoms with Gasteiger partial charge in [-0.15, -0.1) is 0 Å². The van der Waals surface area contributed by atoms with Crippen molar-refractivity contribution in [2.24, 2.45) is 11.8 Å². The van der Waals surface area contributed by atoms with Crippen molar-refractivity contribution in [1.29, 1.82) is 0 Å². The van der Waals surface area contributed by atoms with Crippen LogP contribution in [0.25, 0.3) is 0 Å². The molecule has 0 aromatic heterocycles. The lowest BCUT2D eigenvalue weighted by Crippen LogP contribution is -2.47. The van der Waals surface area contributed by atoms with Gasteiger partial charge in [-0.05, 0) is 44.4 Å². The molecule has 2 fully saturated rings. The Morgan fingerprint density at radius 1 is 1.20 bits per heavy atom. The molecule has 5 heteroatoms. The predicted molar refractivity (Wildman–Crippen MR) is 76.5 cm³/mol. The van der Waals surface area contributed by atoms with Crippen LogP contribution in [0.15, 0.2) is 0 Å². The van der Waals surface area contributed by atoms with Crippen molar-refractivity contribution < 1.29 is 14.7 Å². The maximum absolute atomic E-state index is 12.1. The van der Waals surface area contributed by atoms with Gasteiger partial charge in [0, 0.05) is 25.6 Å². The van der Waals surface area contributed by atoms with Gasteiger partial charge in [-0.25, -0.2) is 4.79 Å². The first-order chi connectivity index (χ1) is 9.54. The van der Waals surface area contributed by atoms with Gasteiger partial charge in [-0.3, -0.25) is 4.79 Å². The number of carbonyl (C=O) groups excluding carboxylic acids is 1. The van der Waals surface area contributed by atoms with Gasteiger partial charge >= 0.3 is 12.0 Å². The molecule has 114 valence electrons. The van der Waals surface area contributed by atoms with Gasteiger partial charge in [0.25, 0.3) is 0 Å². The number of nitrogens with one attached hydrogen (secondary N) is 1. The molecule has 0 spiro atoms. The second kappa shape index (κ2) is 6.95. The zero-order chi connectivity index (χ0) is 14.5. The lowest BCUT2D eigenvalue weighted by Gasteiger charge is -2.32. The summed E-state index contributed by atoms with van der Waals surface area (Å²) in [5.74, 6) is 0.560. The summed E-state index contributed by atoms with van der Waals surface area (Å²) < 4.78 is 0. The quantitative estimate of drug-likeness (QED) is 0.786. The number of hydrogen-bond donors (Lipinski definition) is 2. The lowest BCUT2D eigenvalue weighted by atomic mass is 9.92. The minimum atomic E-state index is -0.723. The van der Waals surface area contributed by atoms with E-state index in [1.807, 2.05) is 4.90 Å². The van der Waals surface area contributed by atoms with Crippen LogP contribution in [0.4, 0.5) is 4.79 Å². The fourth-order valence-electron chi connectivity index (χ4n) is 2.97. The van der Waals surface area contributed by atoms with Gasteiger partial charge in [-0.2, -0.15) is 0 Å². The summed E-state index contributed by atoms with van der Waals surface area (Å²) >= 11 is 0. The number of likely N-dealkylation sites (tertiary alicyclic amines) is 1. The van der Waals surface area contributed by atoms with Crippen molar-refractivity contribution >= 4 is 12.0 Å². The smallest absolute Gasteiger partial charge is 0.317 e. The highest BCUT2D eigenvalue weighted by molar-refractivity contribution is 5.74. The monoisotopic (exact) mass is 282 g/mol. The van der Waals surface area contributed by atoms with Crippen molar-refractivity contribution in [3.8, 4) is 0 Å². The molecule has 2 rings (SSSR count). The fraction of sp³-hybridized carbons (Fsp3) is 0.867. The highest BCUT2D eigenvalue weighted by atomic mass is 16.4. The van der Waals surface area contributed by atoms with E-state index in [2.05, 4.69) is 12.2 Å². The van der Waals surface area contributed by atoms with Crippen molar-refractivity contribution in [3.63, 3.8) is 0 Å². The van der Waals surface area contributed by atoms with Gasteiger partial charge in [0.2, 0.25) is 0 Å². The van der Waals surface area contributed by atoms with Gasteiger partial charge in [0.1, 0.15) is 0 Å². The number of carboxylic acids is 1. The summed E-state index contributed by atoms with van der Waals surface area (Å²) in [6.45, 7) is 3.59. The summed E-state index contributed by atoms with van der Waals surface area (Å²) in [6, 6.07) is 0.314. The van der Waals surface area contributed by atoms with Crippen molar-refractivity contribution in [2.75, 3.05) is 13.1 Å². The molecule has 1 aliphatic heterocycles. The first-order valence-electron chi connectivity index (χ1n) is 7.82. The topological polar surface area (TPSA) is 69.6 Å². The van der Waals surface area contributed by atoms with Gasteiger partial charge in [0.15, 0.2) is 0 Å². The van der Waals surface area contributed by atoms with E-state index in [9.17, 15) is 9.59 Å². The number of urea groups is 1. The van der Waals surface area contributed by atoms with E-state index < -0.39 is 5.97 Å². The highest BCUT2D eigenvalue weighted by Crippen LogP contribution is 2.33. The number of carboxylic acid groups (broad SMARTS) is 1. The number of rotatable bonds is 6. The molecule has 1 atom stereocenters. The SMILES string of the molecule is CC(CC1CC1)NC(=O)N1CCC(CCC(=O)O)CC1. The third-order valence-corrected chi connectivity index (χ3v) is 4.42. The summed E-state index contributed by atoms with van der Waals surface area (Å²) in [7, 11) is 0. The highest BCUT2D eigenvalue weighted by Gasteiger charge is 2.27. The standard InChI is InChI=1S/C15H26N2O3/c1-11(10-13-2-3-13)16-15(20)17-8-6-12(7-9-17)4-5-14(18)19/h11-13H,2-10H2,1H3,(H,16,20)(H,18,19). The predicted octanol–water partition coefficient (Wildman–Crippen LogP) is 2.46. The molecular weight excluding hydrogens is 256 g/mol. The lowest BCUT2D eigenvalue weighted by molar-refractivity contribution is -0.137. The van der Waals surface area contributed by atoms with E-state index in [1.165, 1.54) is 12.8 Å². The number of hydrogen-bond acceptors (Lipinski definition) is 2.